The standard InChI is InChI=1S/C19H17NO4S/c1-2-24-19(21)18-14-20(13-17(18)15-9-5-3-6-10-15)25(22,23)16-11-7-4-8-12-16/h3-14H,2H2,1H3. The summed E-state index contributed by atoms with van der Waals surface area (Å²) in [7, 11) is -3.79. The molecule has 2 aromatic carbocycles. The number of nitrogens with zero attached hydrogens (tertiary/aromatic N) is 1. The minimum Gasteiger partial charge on any atom is -0.462 e. The van der Waals surface area contributed by atoms with Gasteiger partial charge in [0.25, 0.3) is 10.0 Å². The highest BCUT2D eigenvalue weighted by molar-refractivity contribution is 7.90. The van der Waals surface area contributed by atoms with Gasteiger partial charge >= 0.3 is 5.97 Å². The van der Waals surface area contributed by atoms with Crippen LogP contribution in [-0.2, 0) is 14.8 Å². The average Bonchev–Trinajstić information content (AvgIpc) is 3.10. The first-order chi connectivity index (χ1) is 12.0. The molecule has 6 heteroatoms. The van der Waals surface area contributed by atoms with Crippen molar-refractivity contribution in [1.29, 1.82) is 0 Å². The zero-order chi connectivity index (χ0) is 17.9. The van der Waals surface area contributed by atoms with E-state index in [4.69, 9.17) is 4.74 Å². The van der Waals surface area contributed by atoms with Gasteiger partial charge in [-0.2, -0.15) is 0 Å². The molecule has 0 N–H and O–H groups in total. The van der Waals surface area contributed by atoms with Gasteiger partial charge in [-0.3, -0.25) is 0 Å². The van der Waals surface area contributed by atoms with Gasteiger partial charge in [0.05, 0.1) is 17.1 Å². The molecule has 3 rings (SSSR count). The summed E-state index contributed by atoms with van der Waals surface area (Å²) in [5, 5.41) is 0. The van der Waals surface area contributed by atoms with Crippen LogP contribution in [0.25, 0.3) is 11.1 Å². The lowest BCUT2D eigenvalue weighted by atomic mass is 10.1. The summed E-state index contributed by atoms with van der Waals surface area (Å²) in [6.45, 7) is 1.92. The van der Waals surface area contributed by atoms with Crippen LogP contribution in [-0.4, -0.2) is 25.0 Å². The molecular formula is C19H17NO4S. The molecule has 0 aliphatic rings. The number of rotatable bonds is 5. The zero-order valence-electron chi connectivity index (χ0n) is 13.6. The van der Waals surface area contributed by atoms with Crippen molar-refractivity contribution in [3.63, 3.8) is 0 Å². The second-order valence-corrected chi connectivity index (χ2v) is 7.16. The maximum absolute atomic E-state index is 12.8. The quantitative estimate of drug-likeness (QED) is 0.656. The van der Waals surface area contributed by atoms with Gasteiger partial charge in [-0.15, -0.1) is 0 Å². The van der Waals surface area contributed by atoms with Crippen LogP contribution in [0, 0.1) is 0 Å². The predicted octanol–water partition coefficient (Wildman–Crippen LogP) is 3.57. The number of esters is 1. The van der Waals surface area contributed by atoms with E-state index in [1.165, 1.54) is 24.5 Å². The van der Waals surface area contributed by atoms with Crippen LogP contribution < -0.4 is 0 Å². The van der Waals surface area contributed by atoms with Crippen LogP contribution in [0.3, 0.4) is 0 Å². The van der Waals surface area contributed by atoms with Gasteiger partial charge in [-0.25, -0.2) is 17.2 Å². The first kappa shape index (κ1) is 17.0. The Labute approximate surface area is 146 Å². The number of carbonyl (C=O) groups excluding carboxylic acids is 1. The van der Waals surface area contributed by atoms with Gasteiger partial charge < -0.3 is 4.74 Å². The molecule has 25 heavy (non-hydrogen) atoms. The molecule has 1 aromatic heterocycles. The third kappa shape index (κ3) is 3.34. The summed E-state index contributed by atoms with van der Waals surface area (Å²) < 4.78 is 31.8. The fraction of sp³-hybridized carbons (Fsp3) is 0.105. The lowest BCUT2D eigenvalue weighted by molar-refractivity contribution is 0.0527. The van der Waals surface area contributed by atoms with Crippen LogP contribution in [0.1, 0.15) is 17.3 Å². The third-order valence-electron chi connectivity index (χ3n) is 3.70. The van der Waals surface area contributed by atoms with Crippen LogP contribution in [0.2, 0.25) is 0 Å². The molecule has 3 aromatic rings. The minimum atomic E-state index is -3.79. The van der Waals surface area contributed by atoms with E-state index in [9.17, 15) is 13.2 Å². The molecule has 0 radical (unpaired) electrons. The molecule has 0 saturated heterocycles. The molecule has 0 spiro atoms. The lowest BCUT2D eigenvalue weighted by Gasteiger charge is -2.04. The summed E-state index contributed by atoms with van der Waals surface area (Å²) in [4.78, 5) is 12.4. The van der Waals surface area contributed by atoms with Gasteiger partial charge in [0.1, 0.15) is 0 Å². The first-order valence-electron chi connectivity index (χ1n) is 7.79. The Hall–Kier alpha value is -2.86. The van der Waals surface area contributed by atoms with E-state index in [2.05, 4.69) is 0 Å². The number of aromatic nitrogens is 1. The maximum Gasteiger partial charge on any atom is 0.340 e. The average molecular weight is 355 g/mol. The van der Waals surface area contributed by atoms with Gasteiger partial charge in [0, 0.05) is 18.0 Å². The smallest absolute Gasteiger partial charge is 0.340 e. The highest BCUT2D eigenvalue weighted by Gasteiger charge is 2.23. The van der Waals surface area contributed by atoms with Crippen molar-refractivity contribution in [2.45, 2.75) is 11.8 Å². The Balaban J connectivity index is 2.15. The van der Waals surface area contributed by atoms with E-state index >= 15 is 0 Å². The van der Waals surface area contributed by atoms with E-state index in [-0.39, 0.29) is 17.1 Å². The van der Waals surface area contributed by atoms with Crippen molar-refractivity contribution in [1.82, 2.24) is 3.97 Å². The molecular weight excluding hydrogens is 338 g/mol. The van der Waals surface area contributed by atoms with Crippen molar-refractivity contribution in [3.8, 4) is 11.1 Å². The van der Waals surface area contributed by atoms with Gasteiger partial charge in [0.15, 0.2) is 0 Å². The largest absolute Gasteiger partial charge is 0.462 e. The fourth-order valence-corrected chi connectivity index (χ4v) is 3.74. The minimum absolute atomic E-state index is 0.153. The van der Waals surface area contributed by atoms with Crippen molar-refractivity contribution < 1.29 is 17.9 Å². The molecule has 0 aliphatic carbocycles. The molecule has 0 atom stereocenters. The molecule has 0 aliphatic heterocycles. The highest BCUT2D eigenvalue weighted by atomic mass is 32.2. The second kappa shape index (κ2) is 6.94. The van der Waals surface area contributed by atoms with E-state index < -0.39 is 16.0 Å². The summed E-state index contributed by atoms with van der Waals surface area (Å²) in [5.41, 5.74) is 1.47. The van der Waals surface area contributed by atoms with Crippen molar-refractivity contribution in [2.75, 3.05) is 6.61 Å². The molecule has 0 fully saturated rings. The number of carbonyl (C=O) groups is 1. The van der Waals surface area contributed by atoms with Crippen LogP contribution in [0.15, 0.2) is 78.0 Å². The fourth-order valence-electron chi connectivity index (χ4n) is 2.50. The third-order valence-corrected chi connectivity index (χ3v) is 5.34. The van der Waals surface area contributed by atoms with Gasteiger partial charge in [-0.05, 0) is 24.6 Å². The molecule has 0 saturated carbocycles. The van der Waals surface area contributed by atoms with Gasteiger partial charge in [-0.1, -0.05) is 48.5 Å². The van der Waals surface area contributed by atoms with E-state index in [1.807, 2.05) is 30.3 Å². The highest BCUT2D eigenvalue weighted by Crippen LogP contribution is 2.27. The SMILES string of the molecule is CCOC(=O)c1cn(S(=O)(=O)c2ccccc2)cc1-c1ccccc1. The number of hydrogen-bond donors (Lipinski definition) is 0. The van der Waals surface area contributed by atoms with Crippen molar-refractivity contribution in [3.05, 3.63) is 78.6 Å². The molecule has 0 unspecified atom stereocenters. The molecule has 5 nitrogen and oxygen atoms in total. The Morgan fingerprint density at radius 2 is 1.56 bits per heavy atom. The van der Waals surface area contributed by atoms with E-state index in [0.29, 0.717) is 5.56 Å². The van der Waals surface area contributed by atoms with E-state index in [0.717, 1.165) is 9.54 Å². The molecule has 0 bridgehead atoms. The monoisotopic (exact) mass is 355 g/mol. The first-order valence-corrected chi connectivity index (χ1v) is 9.23. The van der Waals surface area contributed by atoms with Crippen LogP contribution in [0.5, 0.6) is 0 Å². The normalized spacial score (nSPS) is 11.2. The van der Waals surface area contributed by atoms with E-state index in [1.54, 1.807) is 25.1 Å². The topological polar surface area (TPSA) is 65.4 Å². The Bertz CT molecular complexity index is 977. The Morgan fingerprint density at radius 3 is 2.16 bits per heavy atom. The summed E-state index contributed by atoms with van der Waals surface area (Å²) in [5.74, 6) is -0.552. The second-order valence-electron chi connectivity index (χ2n) is 5.32. The maximum atomic E-state index is 12.8. The molecule has 0 amide bonds. The van der Waals surface area contributed by atoms with Crippen LogP contribution >= 0.6 is 0 Å². The predicted molar refractivity (Wildman–Crippen MR) is 94.9 cm³/mol. The number of benzene rings is 2. The molecule has 128 valence electrons. The molecule has 1 heterocycles. The van der Waals surface area contributed by atoms with Crippen molar-refractivity contribution >= 4 is 16.0 Å². The number of ether oxygens (including phenoxy) is 1. The van der Waals surface area contributed by atoms with Crippen molar-refractivity contribution in [2.24, 2.45) is 0 Å². The number of hydrogen-bond acceptors (Lipinski definition) is 4. The summed E-state index contributed by atoms with van der Waals surface area (Å²) >= 11 is 0. The Morgan fingerprint density at radius 1 is 0.960 bits per heavy atom. The summed E-state index contributed by atoms with van der Waals surface area (Å²) in [6.07, 6.45) is 2.76. The van der Waals surface area contributed by atoms with Gasteiger partial charge in [0.2, 0.25) is 0 Å². The zero-order valence-corrected chi connectivity index (χ0v) is 14.4. The Kier molecular flexibility index (Phi) is 4.72. The lowest BCUT2D eigenvalue weighted by Crippen LogP contribution is -2.11. The summed E-state index contributed by atoms with van der Waals surface area (Å²) in [6, 6.07) is 17.2. The van der Waals surface area contributed by atoms with Crippen LogP contribution in [0.4, 0.5) is 0 Å².